The van der Waals surface area contributed by atoms with Gasteiger partial charge >= 0.3 is 0 Å². The van der Waals surface area contributed by atoms with E-state index in [9.17, 15) is 5.11 Å². The Morgan fingerprint density at radius 2 is 1.81 bits per heavy atom. The molecule has 0 bridgehead atoms. The van der Waals surface area contributed by atoms with E-state index in [0.29, 0.717) is 10.8 Å². The molecule has 27 heavy (non-hydrogen) atoms. The highest BCUT2D eigenvalue weighted by molar-refractivity contribution is 5.52. The van der Waals surface area contributed by atoms with Gasteiger partial charge in [-0.25, -0.2) is 0 Å². The van der Waals surface area contributed by atoms with Gasteiger partial charge in [0.05, 0.1) is 11.8 Å². The minimum Gasteiger partial charge on any atom is -0.389 e. The Morgan fingerprint density at radius 1 is 1.00 bits per heavy atom. The first kappa shape index (κ1) is 17.7. The quantitative estimate of drug-likeness (QED) is 0.641. The molecule has 0 aromatic carbocycles. The molecule has 6 atom stereocenters. The molecule has 0 unspecified atom stereocenters. The van der Waals surface area contributed by atoms with Crippen molar-refractivity contribution in [2.75, 3.05) is 0 Å². The van der Waals surface area contributed by atoms with E-state index in [1.165, 1.54) is 44.9 Å². The maximum absolute atomic E-state index is 10.1. The van der Waals surface area contributed by atoms with Crippen molar-refractivity contribution < 1.29 is 5.11 Å². The highest BCUT2D eigenvalue weighted by Crippen LogP contribution is 2.66. The predicted octanol–water partition coefficient (Wildman–Crippen LogP) is 5.79. The van der Waals surface area contributed by atoms with Crippen molar-refractivity contribution in [3.8, 4) is 0 Å². The summed E-state index contributed by atoms with van der Waals surface area (Å²) in [4.78, 5) is 4.56. The molecule has 1 aromatic rings. The van der Waals surface area contributed by atoms with Crippen LogP contribution in [0.3, 0.4) is 0 Å². The van der Waals surface area contributed by atoms with Crippen molar-refractivity contribution in [2.45, 2.75) is 71.3 Å². The van der Waals surface area contributed by atoms with Crippen molar-refractivity contribution >= 4 is 6.08 Å². The second-order valence-electron chi connectivity index (χ2n) is 10.0. The third-order valence-corrected chi connectivity index (χ3v) is 8.95. The van der Waals surface area contributed by atoms with E-state index in [-0.39, 0.29) is 6.10 Å². The molecule has 1 aromatic heterocycles. The average molecular weight is 364 g/mol. The van der Waals surface area contributed by atoms with Crippen LogP contribution >= 0.6 is 0 Å². The molecule has 0 spiro atoms. The van der Waals surface area contributed by atoms with E-state index in [4.69, 9.17) is 0 Å². The maximum atomic E-state index is 10.1. The summed E-state index contributed by atoms with van der Waals surface area (Å²) in [6.45, 7) is 5.07. The predicted molar refractivity (Wildman–Crippen MR) is 110 cm³/mol. The van der Waals surface area contributed by atoms with Crippen LogP contribution in [0.2, 0.25) is 0 Å². The maximum Gasteiger partial charge on any atom is 0.0724 e. The van der Waals surface area contributed by atoms with Crippen molar-refractivity contribution in [1.82, 2.24) is 4.98 Å². The van der Waals surface area contributed by atoms with E-state index in [1.54, 1.807) is 11.1 Å². The smallest absolute Gasteiger partial charge is 0.0724 e. The first-order valence-corrected chi connectivity index (χ1v) is 11.0. The monoisotopic (exact) mass is 363 g/mol. The Morgan fingerprint density at radius 3 is 2.63 bits per heavy atom. The van der Waals surface area contributed by atoms with Gasteiger partial charge in [-0.05, 0) is 98.2 Å². The number of aliphatic hydroxyl groups excluding tert-OH is 1. The Labute approximate surface area is 163 Å². The number of hydrogen-bond donors (Lipinski definition) is 1. The van der Waals surface area contributed by atoms with Gasteiger partial charge in [0.1, 0.15) is 0 Å². The summed E-state index contributed by atoms with van der Waals surface area (Å²) >= 11 is 0. The Hall–Kier alpha value is -1.41. The minimum atomic E-state index is -0.196. The minimum absolute atomic E-state index is 0.196. The molecule has 1 heterocycles. The van der Waals surface area contributed by atoms with Crippen LogP contribution in [-0.2, 0) is 0 Å². The lowest BCUT2D eigenvalue weighted by atomic mass is 9.47. The van der Waals surface area contributed by atoms with Gasteiger partial charge in [-0.3, -0.25) is 4.98 Å². The van der Waals surface area contributed by atoms with Crippen LogP contribution in [-0.4, -0.2) is 16.2 Å². The fourth-order valence-corrected chi connectivity index (χ4v) is 7.43. The zero-order valence-corrected chi connectivity index (χ0v) is 16.8. The van der Waals surface area contributed by atoms with Gasteiger partial charge in [-0.2, -0.15) is 0 Å². The molecule has 144 valence electrons. The number of pyridine rings is 1. The zero-order valence-electron chi connectivity index (χ0n) is 16.8. The fourth-order valence-electron chi connectivity index (χ4n) is 7.43. The largest absolute Gasteiger partial charge is 0.389 e. The van der Waals surface area contributed by atoms with Crippen molar-refractivity contribution in [3.63, 3.8) is 0 Å². The topological polar surface area (TPSA) is 33.1 Å². The zero-order chi connectivity index (χ0) is 18.6. The molecular weight excluding hydrogens is 330 g/mol. The molecule has 1 N–H and O–H groups in total. The van der Waals surface area contributed by atoms with Gasteiger partial charge in [0.25, 0.3) is 0 Å². The van der Waals surface area contributed by atoms with Crippen molar-refractivity contribution in [1.29, 1.82) is 0 Å². The van der Waals surface area contributed by atoms with E-state index in [2.05, 4.69) is 43.1 Å². The van der Waals surface area contributed by atoms with Crippen LogP contribution in [0.5, 0.6) is 0 Å². The van der Waals surface area contributed by atoms with Crippen LogP contribution in [0.15, 0.2) is 41.6 Å². The summed E-state index contributed by atoms with van der Waals surface area (Å²) in [5, 5.41) is 10.1. The standard InChI is InChI=1S/C25H33NO/c1-24-12-10-20(27)16-18(24)6-8-21-22-9-7-17(15-19-5-3-4-14-26-19)25(22,2)13-11-23(21)24/h3-5,14-16,20-23,27H,6-13H2,1-2H3/b17-15+/t20-,21-,22-,23-,24-,25+/m0/s1. The summed E-state index contributed by atoms with van der Waals surface area (Å²) in [6.07, 6.45) is 16.3. The molecule has 4 aliphatic rings. The lowest BCUT2D eigenvalue weighted by molar-refractivity contribution is -0.0311. The number of allylic oxidation sites excluding steroid dienone is 2. The second kappa shape index (κ2) is 6.30. The van der Waals surface area contributed by atoms with Gasteiger partial charge in [0, 0.05) is 6.20 Å². The SMILES string of the molecule is C[C@]12CC[C@H](O)C=C1CC[C@@H]1[C@@H]2CC[C@]2(C)/C(=C/c3ccccn3)CC[C@@H]12. The molecule has 0 radical (unpaired) electrons. The van der Waals surface area contributed by atoms with E-state index in [1.807, 2.05) is 12.3 Å². The first-order chi connectivity index (χ1) is 13.0. The molecule has 0 amide bonds. The number of nitrogens with zero attached hydrogens (tertiary/aromatic N) is 1. The van der Waals surface area contributed by atoms with Crippen LogP contribution < -0.4 is 0 Å². The van der Waals surface area contributed by atoms with Crippen LogP contribution in [0.25, 0.3) is 6.08 Å². The number of fused-ring (bicyclic) bond motifs is 5. The van der Waals surface area contributed by atoms with Crippen molar-refractivity contribution in [3.05, 3.63) is 47.3 Å². The molecule has 2 heteroatoms. The number of rotatable bonds is 1. The van der Waals surface area contributed by atoms with Gasteiger partial charge in [-0.1, -0.05) is 37.1 Å². The Bertz CT molecular complexity index is 781. The Balaban J connectivity index is 1.45. The highest BCUT2D eigenvalue weighted by atomic mass is 16.3. The fraction of sp³-hybridized carbons (Fsp3) is 0.640. The molecule has 5 rings (SSSR count). The van der Waals surface area contributed by atoms with Gasteiger partial charge < -0.3 is 5.11 Å². The van der Waals surface area contributed by atoms with Gasteiger partial charge in [0.15, 0.2) is 0 Å². The van der Waals surface area contributed by atoms with Gasteiger partial charge in [0.2, 0.25) is 0 Å². The number of hydrogen-bond acceptors (Lipinski definition) is 2. The molecular formula is C25H33NO. The van der Waals surface area contributed by atoms with Crippen molar-refractivity contribution in [2.24, 2.45) is 28.6 Å². The Kier molecular flexibility index (Phi) is 4.13. The lowest BCUT2D eigenvalue weighted by Gasteiger charge is -2.58. The summed E-state index contributed by atoms with van der Waals surface area (Å²) in [7, 11) is 0. The van der Waals surface area contributed by atoms with Crippen LogP contribution in [0.4, 0.5) is 0 Å². The third kappa shape index (κ3) is 2.67. The molecule has 4 aliphatic carbocycles. The number of aliphatic hydroxyl groups is 1. The van der Waals surface area contributed by atoms with Crippen LogP contribution in [0.1, 0.15) is 70.9 Å². The molecule has 3 fully saturated rings. The van der Waals surface area contributed by atoms with E-state index < -0.39 is 0 Å². The van der Waals surface area contributed by atoms with Crippen LogP contribution in [0, 0.1) is 28.6 Å². The summed E-state index contributed by atoms with van der Waals surface area (Å²) in [6, 6.07) is 6.24. The van der Waals surface area contributed by atoms with E-state index >= 15 is 0 Å². The molecule has 0 aliphatic heterocycles. The molecule has 3 saturated carbocycles. The first-order valence-electron chi connectivity index (χ1n) is 11.0. The summed E-state index contributed by atoms with van der Waals surface area (Å²) in [5.74, 6) is 2.50. The summed E-state index contributed by atoms with van der Waals surface area (Å²) < 4.78 is 0. The molecule has 2 nitrogen and oxygen atoms in total. The second-order valence-corrected chi connectivity index (χ2v) is 10.0. The molecule has 0 saturated heterocycles. The normalized spacial score (nSPS) is 45.0. The van der Waals surface area contributed by atoms with E-state index in [0.717, 1.165) is 29.9 Å². The highest BCUT2D eigenvalue weighted by Gasteiger charge is 2.57. The average Bonchev–Trinajstić information content (AvgIpc) is 3.00. The lowest BCUT2D eigenvalue weighted by Crippen LogP contribution is -2.49. The number of aromatic nitrogens is 1. The summed E-state index contributed by atoms with van der Waals surface area (Å²) in [5.41, 5.74) is 5.06. The van der Waals surface area contributed by atoms with Gasteiger partial charge in [-0.15, -0.1) is 0 Å². The third-order valence-electron chi connectivity index (χ3n) is 8.95.